The van der Waals surface area contributed by atoms with Gasteiger partial charge in [-0.3, -0.25) is 9.52 Å². The van der Waals surface area contributed by atoms with E-state index in [-0.39, 0.29) is 17.4 Å². The van der Waals surface area contributed by atoms with E-state index >= 15 is 0 Å². The minimum absolute atomic E-state index is 0.0441. The van der Waals surface area contributed by atoms with E-state index in [1.807, 2.05) is 6.92 Å². The molecule has 0 saturated heterocycles. The van der Waals surface area contributed by atoms with Gasteiger partial charge in [0.1, 0.15) is 5.75 Å². The van der Waals surface area contributed by atoms with Crippen molar-refractivity contribution in [1.29, 1.82) is 0 Å². The van der Waals surface area contributed by atoms with Gasteiger partial charge in [0.05, 0.1) is 10.6 Å². The topological polar surface area (TPSA) is 84.5 Å². The standard InChI is InChI=1S/C15H13BrN2O4S/c1-9-6-10(2-4-12(9)16)18-23(20,21)11-3-5-14-13(7-11)17-15(19)8-22-14/h2-7,18H,8H2,1H3,(H,17,19). The van der Waals surface area contributed by atoms with Gasteiger partial charge in [-0.15, -0.1) is 0 Å². The number of aryl methyl sites for hydroxylation is 1. The molecular weight excluding hydrogens is 384 g/mol. The number of ether oxygens (including phenoxy) is 1. The van der Waals surface area contributed by atoms with Gasteiger partial charge in [0.15, 0.2) is 6.61 Å². The molecule has 1 aliphatic rings. The SMILES string of the molecule is Cc1cc(NS(=O)(=O)c2ccc3c(c2)NC(=O)CO3)ccc1Br. The maximum atomic E-state index is 12.5. The van der Waals surface area contributed by atoms with E-state index < -0.39 is 10.0 Å². The second-order valence-electron chi connectivity index (χ2n) is 5.06. The molecule has 0 atom stereocenters. The first-order valence-electron chi connectivity index (χ1n) is 6.71. The Morgan fingerprint density at radius 2 is 2.00 bits per heavy atom. The molecule has 2 N–H and O–H groups in total. The minimum Gasteiger partial charge on any atom is -0.482 e. The van der Waals surface area contributed by atoms with Crippen molar-refractivity contribution in [2.75, 3.05) is 16.6 Å². The third kappa shape index (κ3) is 3.32. The summed E-state index contributed by atoms with van der Waals surface area (Å²) < 4.78 is 33.6. The third-order valence-electron chi connectivity index (χ3n) is 3.30. The first kappa shape index (κ1) is 15.8. The summed E-state index contributed by atoms with van der Waals surface area (Å²) in [7, 11) is -3.77. The maximum Gasteiger partial charge on any atom is 0.262 e. The molecule has 1 heterocycles. The normalized spacial score (nSPS) is 13.7. The molecule has 0 radical (unpaired) electrons. The maximum absolute atomic E-state index is 12.5. The highest BCUT2D eigenvalue weighted by Crippen LogP contribution is 2.31. The lowest BCUT2D eigenvalue weighted by Crippen LogP contribution is -2.25. The van der Waals surface area contributed by atoms with Gasteiger partial charge in [0, 0.05) is 10.2 Å². The fourth-order valence-electron chi connectivity index (χ4n) is 2.15. The molecule has 3 rings (SSSR count). The Hall–Kier alpha value is -2.06. The Balaban J connectivity index is 1.92. The Labute approximate surface area is 142 Å². The number of rotatable bonds is 3. The fraction of sp³-hybridized carbons (Fsp3) is 0.133. The molecule has 0 aromatic heterocycles. The Kier molecular flexibility index (Phi) is 4.03. The molecule has 1 aliphatic heterocycles. The van der Waals surface area contributed by atoms with Crippen molar-refractivity contribution in [3.8, 4) is 5.75 Å². The first-order chi connectivity index (χ1) is 10.8. The summed E-state index contributed by atoms with van der Waals surface area (Å²) in [5.41, 5.74) is 1.72. The van der Waals surface area contributed by atoms with E-state index in [4.69, 9.17) is 4.74 Å². The predicted molar refractivity (Wildman–Crippen MR) is 90.3 cm³/mol. The monoisotopic (exact) mass is 396 g/mol. The van der Waals surface area contributed by atoms with Crippen LogP contribution in [0.5, 0.6) is 5.75 Å². The van der Waals surface area contributed by atoms with Crippen LogP contribution in [0, 0.1) is 6.92 Å². The number of amides is 1. The molecule has 2 aromatic rings. The number of benzene rings is 2. The number of halogens is 1. The van der Waals surface area contributed by atoms with Crippen molar-refractivity contribution >= 4 is 43.2 Å². The zero-order valence-corrected chi connectivity index (χ0v) is 14.5. The lowest BCUT2D eigenvalue weighted by molar-refractivity contribution is -0.118. The summed E-state index contributed by atoms with van der Waals surface area (Å²) >= 11 is 3.37. The second kappa shape index (κ2) is 5.86. The number of sulfonamides is 1. The van der Waals surface area contributed by atoms with Gasteiger partial charge >= 0.3 is 0 Å². The van der Waals surface area contributed by atoms with E-state index in [0.29, 0.717) is 17.1 Å². The van der Waals surface area contributed by atoms with E-state index in [2.05, 4.69) is 26.0 Å². The molecule has 0 spiro atoms. The predicted octanol–water partition coefficient (Wildman–Crippen LogP) is 2.89. The van der Waals surface area contributed by atoms with Crippen LogP contribution in [0.25, 0.3) is 0 Å². The molecule has 0 saturated carbocycles. The van der Waals surface area contributed by atoms with Crippen LogP contribution >= 0.6 is 15.9 Å². The number of fused-ring (bicyclic) bond motifs is 1. The van der Waals surface area contributed by atoms with Crippen LogP contribution in [0.1, 0.15) is 5.56 Å². The van der Waals surface area contributed by atoms with Crippen LogP contribution < -0.4 is 14.8 Å². The molecule has 0 unspecified atom stereocenters. The molecule has 8 heteroatoms. The average Bonchev–Trinajstić information content (AvgIpc) is 2.50. The zero-order valence-electron chi connectivity index (χ0n) is 12.1. The van der Waals surface area contributed by atoms with Crippen LogP contribution in [-0.4, -0.2) is 20.9 Å². The summed E-state index contributed by atoms with van der Waals surface area (Å²) in [6, 6.07) is 9.50. The summed E-state index contributed by atoms with van der Waals surface area (Å²) in [5.74, 6) is 0.131. The van der Waals surface area contributed by atoms with Gasteiger partial charge in [0.2, 0.25) is 0 Å². The van der Waals surface area contributed by atoms with Crippen molar-refractivity contribution in [3.63, 3.8) is 0 Å². The van der Waals surface area contributed by atoms with Gasteiger partial charge in [-0.1, -0.05) is 15.9 Å². The summed E-state index contributed by atoms with van der Waals surface area (Å²) in [4.78, 5) is 11.4. The van der Waals surface area contributed by atoms with Crippen LogP contribution in [0.4, 0.5) is 11.4 Å². The van der Waals surface area contributed by atoms with Crippen molar-refractivity contribution in [2.24, 2.45) is 0 Å². The molecule has 2 aromatic carbocycles. The van der Waals surface area contributed by atoms with Crippen LogP contribution in [0.15, 0.2) is 45.8 Å². The number of carbonyl (C=O) groups is 1. The van der Waals surface area contributed by atoms with Gasteiger partial charge in [-0.25, -0.2) is 8.42 Å². The zero-order chi connectivity index (χ0) is 16.6. The molecule has 23 heavy (non-hydrogen) atoms. The second-order valence-corrected chi connectivity index (χ2v) is 7.60. The minimum atomic E-state index is -3.77. The number of anilines is 2. The van der Waals surface area contributed by atoms with Crippen LogP contribution in [0.3, 0.4) is 0 Å². The van der Waals surface area contributed by atoms with Crippen molar-refractivity contribution in [2.45, 2.75) is 11.8 Å². The smallest absolute Gasteiger partial charge is 0.262 e. The molecular formula is C15H13BrN2O4S. The Morgan fingerprint density at radius 3 is 2.74 bits per heavy atom. The largest absolute Gasteiger partial charge is 0.482 e. The highest BCUT2D eigenvalue weighted by atomic mass is 79.9. The quantitative estimate of drug-likeness (QED) is 0.834. The molecule has 0 bridgehead atoms. The molecule has 0 fully saturated rings. The highest BCUT2D eigenvalue weighted by molar-refractivity contribution is 9.10. The van der Waals surface area contributed by atoms with Crippen LogP contribution in [0.2, 0.25) is 0 Å². The van der Waals surface area contributed by atoms with Crippen molar-refractivity contribution < 1.29 is 17.9 Å². The number of hydrogen-bond acceptors (Lipinski definition) is 4. The van der Waals surface area contributed by atoms with E-state index in [0.717, 1.165) is 10.0 Å². The lowest BCUT2D eigenvalue weighted by atomic mass is 10.2. The number of carbonyl (C=O) groups excluding carboxylic acids is 1. The average molecular weight is 397 g/mol. The highest BCUT2D eigenvalue weighted by Gasteiger charge is 2.21. The van der Waals surface area contributed by atoms with Gasteiger partial charge in [-0.2, -0.15) is 0 Å². The number of hydrogen-bond donors (Lipinski definition) is 2. The molecule has 1 amide bonds. The van der Waals surface area contributed by atoms with Crippen molar-refractivity contribution in [1.82, 2.24) is 0 Å². The third-order valence-corrected chi connectivity index (χ3v) is 5.57. The van der Waals surface area contributed by atoms with Gasteiger partial charge < -0.3 is 10.1 Å². The van der Waals surface area contributed by atoms with E-state index in [1.165, 1.54) is 18.2 Å². The van der Waals surface area contributed by atoms with Gasteiger partial charge in [-0.05, 0) is 48.9 Å². The van der Waals surface area contributed by atoms with Crippen molar-refractivity contribution in [3.05, 3.63) is 46.4 Å². The lowest BCUT2D eigenvalue weighted by Gasteiger charge is -2.18. The molecule has 120 valence electrons. The van der Waals surface area contributed by atoms with Gasteiger partial charge in [0.25, 0.3) is 15.9 Å². The van der Waals surface area contributed by atoms with E-state index in [9.17, 15) is 13.2 Å². The summed E-state index contributed by atoms with van der Waals surface area (Å²) in [5, 5.41) is 2.59. The summed E-state index contributed by atoms with van der Waals surface area (Å²) in [6.45, 7) is 1.79. The Bertz CT molecular complexity index is 896. The molecule has 0 aliphatic carbocycles. The first-order valence-corrected chi connectivity index (χ1v) is 8.98. The van der Waals surface area contributed by atoms with Crippen LogP contribution in [-0.2, 0) is 14.8 Å². The molecule has 6 nitrogen and oxygen atoms in total. The summed E-state index contributed by atoms with van der Waals surface area (Å²) in [6.07, 6.45) is 0. The fourth-order valence-corrected chi connectivity index (χ4v) is 3.47. The van der Waals surface area contributed by atoms with E-state index in [1.54, 1.807) is 18.2 Å². The Morgan fingerprint density at radius 1 is 1.22 bits per heavy atom. The number of nitrogens with one attached hydrogen (secondary N) is 2.